The van der Waals surface area contributed by atoms with Crippen molar-refractivity contribution in [3.63, 3.8) is 0 Å². The molecule has 0 aliphatic carbocycles. The van der Waals surface area contributed by atoms with Crippen LogP contribution in [0.1, 0.15) is 20.8 Å². The molecule has 0 saturated heterocycles. The third-order valence-corrected chi connectivity index (χ3v) is 4.03. The Morgan fingerprint density at radius 2 is 2.00 bits per heavy atom. The van der Waals surface area contributed by atoms with Gasteiger partial charge < -0.3 is 9.47 Å². The summed E-state index contributed by atoms with van der Waals surface area (Å²) >= 11 is 1.20. The van der Waals surface area contributed by atoms with Gasteiger partial charge in [0, 0.05) is 7.11 Å². The van der Waals surface area contributed by atoms with E-state index in [0.717, 1.165) is 0 Å². The second-order valence-corrected chi connectivity index (χ2v) is 7.18. The molecule has 0 atom stereocenters. The number of benzene rings is 1. The number of carbonyl (C=O) groups is 1. The van der Waals surface area contributed by atoms with E-state index in [1.165, 1.54) is 11.8 Å². The minimum Gasteiger partial charge on any atom is -0.459 e. The molecule has 7 heteroatoms. The number of para-hydroxylation sites is 1. The summed E-state index contributed by atoms with van der Waals surface area (Å²) in [7, 11) is 1.58. The zero-order chi connectivity index (χ0) is 17.7. The highest BCUT2D eigenvalue weighted by molar-refractivity contribution is 7.99. The topological polar surface area (TPSA) is 70.4 Å². The third-order valence-electron chi connectivity index (χ3n) is 3.08. The molecule has 6 nitrogen and oxygen atoms in total. The smallest absolute Gasteiger partial charge is 0.316 e. The van der Waals surface area contributed by atoms with Gasteiger partial charge in [-0.3, -0.25) is 14.2 Å². The molecule has 0 aliphatic heterocycles. The van der Waals surface area contributed by atoms with Gasteiger partial charge in [-0.05, 0) is 32.9 Å². The molecule has 0 N–H and O–H groups in total. The van der Waals surface area contributed by atoms with Crippen LogP contribution in [0, 0.1) is 0 Å². The monoisotopic (exact) mass is 350 g/mol. The summed E-state index contributed by atoms with van der Waals surface area (Å²) in [6.07, 6.45) is 0. The first-order valence-electron chi connectivity index (χ1n) is 7.65. The molecule has 0 bridgehead atoms. The molecule has 2 aromatic rings. The number of rotatable bonds is 6. The predicted molar refractivity (Wildman–Crippen MR) is 94.4 cm³/mol. The lowest BCUT2D eigenvalue weighted by molar-refractivity contribution is -0.151. The van der Waals surface area contributed by atoms with Gasteiger partial charge in [0.2, 0.25) is 0 Å². The highest BCUT2D eigenvalue weighted by Gasteiger charge is 2.18. The lowest BCUT2D eigenvalue weighted by Crippen LogP contribution is -2.27. The van der Waals surface area contributed by atoms with E-state index in [2.05, 4.69) is 4.98 Å². The van der Waals surface area contributed by atoms with E-state index in [1.54, 1.807) is 29.9 Å². The quantitative estimate of drug-likeness (QED) is 0.453. The van der Waals surface area contributed by atoms with Crippen molar-refractivity contribution in [2.24, 2.45) is 0 Å². The maximum atomic E-state index is 12.7. The maximum Gasteiger partial charge on any atom is 0.316 e. The Balaban J connectivity index is 2.30. The number of nitrogens with zero attached hydrogens (tertiary/aromatic N) is 2. The molecule has 0 unspecified atom stereocenters. The Morgan fingerprint density at radius 3 is 2.67 bits per heavy atom. The van der Waals surface area contributed by atoms with E-state index in [4.69, 9.17) is 9.47 Å². The van der Waals surface area contributed by atoms with Crippen molar-refractivity contribution in [3.05, 3.63) is 34.6 Å². The first kappa shape index (κ1) is 18.5. The van der Waals surface area contributed by atoms with Crippen LogP contribution in [0.2, 0.25) is 0 Å². The molecular weight excluding hydrogens is 328 g/mol. The second kappa shape index (κ2) is 7.81. The minimum absolute atomic E-state index is 0.0923. The summed E-state index contributed by atoms with van der Waals surface area (Å²) < 4.78 is 11.9. The summed E-state index contributed by atoms with van der Waals surface area (Å²) in [6, 6.07) is 7.17. The van der Waals surface area contributed by atoms with Gasteiger partial charge in [-0.15, -0.1) is 0 Å². The molecule has 0 radical (unpaired) electrons. The highest BCUT2D eigenvalue weighted by Crippen LogP contribution is 2.19. The first-order valence-corrected chi connectivity index (χ1v) is 8.63. The molecule has 130 valence electrons. The van der Waals surface area contributed by atoms with Gasteiger partial charge in [0.15, 0.2) is 5.16 Å². The van der Waals surface area contributed by atoms with E-state index in [-0.39, 0.29) is 17.3 Å². The highest BCUT2D eigenvalue weighted by atomic mass is 32.2. The van der Waals surface area contributed by atoms with E-state index in [9.17, 15) is 9.59 Å². The fourth-order valence-electron chi connectivity index (χ4n) is 2.13. The lowest BCUT2D eigenvalue weighted by atomic mass is 10.2. The number of ether oxygens (including phenoxy) is 2. The van der Waals surface area contributed by atoms with Crippen LogP contribution < -0.4 is 5.56 Å². The first-order chi connectivity index (χ1) is 11.3. The number of fused-ring (bicyclic) bond motifs is 1. The van der Waals surface area contributed by atoms with Gasteiger partial charge in [0.05, 0.1) is 29.8 Å². The zero-order valence-electron chi connectivity index (χ0n) is 14.4. The number of esters is 1. The van der Waals surface area contributed by atoms with Crippen molar-refractivity contribution in [1.29, 1.82) is 0 Å². The van der Waals surface area contributed by atoms with Crippen LogP contribution in [0.25, 0.3) is 10.9 Å². The number of hydrogen-bond acceptors (Lipinski definition) is 6. The molecule has 0 spiro atoms. The molecule has 1 aromatic heterocycles. The number of carbonyl (C=O) groups excluding carboxylic acids is 1. The minimum atomic E-state index is -0.538. The van der Waals surface area contributed by atoms with Gasteiger partial charge in [-0.2, -0.15) is 0 Å². The van der Waals surface area contributed by atoms with Crippen LogP contribution in [0.5, 0.6) is 0 Å². The Morgan fingerprint density at radius 1 is 1.29 bits per heavy atom. The second-order valence-electron chi connectivity index (χ2n) is 6.24. The standard InChI is InChI=1S/C17H22N2O4S/c1-17(2,3)23-14(20)11-24-16-18-13-8-6-5-7-12(13)15(21)19(16)9-10-22-4/h5-8H,9-11H2,1-4H3. The number of aromatic nitrogens is 2. The molecule has 24 heavy (non-hydrogen) atoms. The molecule has 0 amide bonds. The zero-order valence-corrected chi connectivity index (χ0v) is 15.2. The summed E-state index contributed by atoms with van der Waals surface area (Å²) in [6.45, 7) is 6.22. The van der Waals surface area contributed by atoms with E-state index in [1.807, 2.05) is 26.8 Å². The van der Waals surface area contributed by atoms with Crippen LogP contribution in [0.15, 0.2) is 34.2 Å². The Kier molecular flexibility index (Phi) is 6.01. The number of thioether (sulfide) groups is 1. The third kappa shape index (κ3) is 4.82. The Labute approximate surface area is 145 Å². The normalized spacial score (nSPS) is 11.7. The van der Waals surface area contributed by atoms with Crippen molar-refractivity contribution >= 4 is 28.6 Å². The van der Waals surface area contributed by atoms with Gasteiger partial charge in [0.25, 0.3) is 5.56 Å². The van der Waals surface area contributed by atoms with Gasteiger partial charge >= 0.3 is 5.97 Å². The van der Waals surface area contributed by atoms with Gasteiger partial charge in [0.1, 0.15) is 5.60 Å². The molecule has 1 aromatic carbocycles. The average molecular weight is 350 g/mol. The van der Waals surface area contributed by atoms with E-state index < -0.39 is 5.60 Å². The SMILES string of the molecule is COCCn1c(SCC(=O)OC(C)(C)C)nc2ccccc2c1=O. The van der Waals surface area contributed by atoms with Crippen LogP contribution in [0.4, 0.5) is 0 Å². The summed E-state index contributed by atoms with van der Waals surface area (Å²) in [4.78, 5) is 29.1. The van der Waals surface area contributed by atoms with Crippen LogP contribution in [-0.2, 0) is 20.8 Å². The fraction of sp³-hybridized carbons (Fsp3) is 0.471. The fourth-order valence-corrected chi connectivity index (χ4v) is 2.93. The number of hydrogen-bond donors (Lipinski definition) is 0. The Bertz CT molecular complexity index is 780. The lowest BCUT2D eigenvalue weighted by Gasteiger charge is -2.19. The molecule has 0 saturated carbocycles. The summed E-state index contributed by atoms with van der Waals surface area (Å²) in [5.41, 5.74) is -0.0586. The molecule has 1 heterocycles. The predicted octanol–water partition coefficient (Wildman–Crippen LogP) is 2.48. The average Bonchev–Trinajstić information content (AvgIpc) is 2.50. The Hall–Kier alpha value is -1.86. The van der Waals surface area contributed by atoms with Crippen LogP contribution in [-0.4, -0.2) is 40.6 Å². The molecule has 0 fully saturated rings. The van der Waals surface area contributed by atoms with Crippen molar-refractivity contribution in [2.45, 2.75) is 38.1 Å². The molecular formula is C17H22N2O4S. The van der Waals surface area contributed by atoms with Crippen molar-refractivity contribution in [1.82, 2.24) is 9.55 Å². The van der Waals surface area contributed by atoms with Gasteiger partial charge in [-0.25, -0.2) is 4.98 Å². The van der Waals surface area contributed by atoms with Gasteiger partial charge in [-0.1, -0.05) is 23.9 Å². The summed E-state index contributed by atoms with van der Waals surface area (Å²) in [5, 5.41) is 1.04. The van der Waals surface area contributed by atoms with E-state index in [0.29, 0.717) is 29.2 Å². The van der Waals surface area contributed by atoms with E-state index >= 15 is 0 Å². The van der Waals surface area contributed by atoms with Crippen molar-refractivity contribution in [3.8, 4) is 0 Å². The molecule has 0 aliphatic rings. The largest absolute Gasteiger partial charge is 0.459 e. The maximum absolute atomic E-state index is 12.7. The molecule has 2 rings (SSSR count). The van der Waals surface area contributed by atoms with Crippen LogP contribution in [0.3, 0.4) is 0 Å². The number of methoxy groups -OCH3 is 1. The summed E-state index contributed by atoms with van der Waals surface area (Å²) in [5.74, 6) is -0.247. The van der Waals surface area contributed by atoms with Crippen molar-refractivity contribution in [2.75, 3.05) is 19.5 Å². The van der Waals surface area contributed by atoms with Crippen LogP contribution >= 0.6 is 11.8 Å². The van der Waals surface area contributed by atoms with Crippen molar-refractivity contribution < 1.29 is 14.3 Å².